The van der Waals surface area contributed by atoms with Gasteiger partial charge >= 0.3 is 11.9 Å². The van der Waals surface area contributed by atoms with E-state index in [1.165, 1.54) is 44.9 Å². The van der Waals surface area contributed by atoms with Gasteiger partial charge in [0.2, 0.25) is 0 Å². The Bertz CT molecular complexity index is 623. The van der Waals surface area contributed by atoms with Crippen molar-refractivity contribution >= 4 is 11.9 Å². The quantitative estimate of drug-likeness (QED) is 0.151. The Kier molecular flexibility index (Phi) is 15.4. The van der Waals surface area contributed by atoms with Crippen LogP contribution in [0, 0.1) is 22.7 Å². The standard InChI is InChI=1S/C33H62N2O4/c1-32(2,3)18-8-26-38-30(36)16-24-34-20-12-28(13-21-34)10-7-11-29-14-22-35(23-15-29)25-17-31(37)39-27-9-19-33(4,5)6/h28-29H,7-27H2,1-6H3. The SMILES string of the molecule is CC(C)(C)CCCOC(=O)CCN1CCC(CCCC2CCN(CCC(=O)OCCCC(C)(C)C)CC2)CC1. The Morgan fingerprint density at radius 2 is 0.974 bits per heavy atom. The third kappa shape index (κ3) is 17.3. The average molecular weight is 551 g/mol. The molecule has 2 rings (SSSR count). The van der Waals surface area contributed by atoms with Crippen LogP contribution in [0.3, 0.4) is 0 Å². The molecule has 0 unspecified atom stereocenters. The summed E-state index contributed by atoms with van der Waals surface area (Å²) >= 11 is 0. The number of esters is 2. The topological polar surface area (TPSA) is 59.1 Å². The van der Waals surface area contributed by atoms with Gasteiger partial charge in [-0.05, 0) is 100 Å². The number of carbonyl (C=O) groups is 2. The Morgan fingerprint density at radius 1 is 0.615 bits per heavy atom. The third-order valence-corrected chi connectivity index (χ3v) is 8.57. The van der Waals surface area contributed by atoms with E-state index >= 15 is 0 Å². The van der Waals surface area contributed by atoms with Crippen molar-refractivity contribution in [2.24, 2.45) is 22.7 Å². The number of hydrogen-bond donors (Lipinski definition) is 0. The normalized spacial score (nSPS) is 18.8. The summed E-state index contributed by atoms with van der Waals surface area (Å²) < 4.78 is 10.9. The van der Waals surface area contributed by atoms with Gasteiger partial charge in [0.25, 0.3) is 0 Å². The molecule has 6 nitrogen and oxygen atoms in total. The van der Waals surface area contributed by atoms with Crippen molar-refractivity contribution in [1.29, 1.82) is 0 Å². The first-order valence-electron chi connectivity index (χ1n) is 16.2. The van der Waals surface area contributed by atoms with E-state index in [2.05, 4.69) is 51.3 Å². The smallest absolute Gasteiger partial charge is 0.307 e. The van der Waals surface area contributed by atoms with E-state index in [1.54, 1.807) is 0 Å². The fourth-order valence-electron chi connectivity index (χ4n) is 5.91. The molecule has 2 heterocycles. The lowest BCUT2D eigenvalue weighted by atomic mass is 9.87. The number of carbonyl (C=O) groups excluding carboxylic acids is 2. The van der Waals surface area contributed by atoms with E-state index in [0.29, 0.717) is 36.9 Å². The molecule has 39 heavy (non-hydrogen) atoms. The van der Waals surface area contributed by atoms with Crippen LogP contribution in [-0.4, -0.2) is 74.2 Å². The molecule has 0 radical (unpaired) electrons. The van der Waals surface area contributed by atoms with Crippen LogP contribution in [0.5, 0.6) is 0 Å². The van der Waals surface area contributed by atoms with Gasteiger partial charge in [0, 0.05) is 13.1 Å². The van der Waals surface area contributed by atoms with E-state index in [9.17, 15) is 9.59 Å². The Morgan fingerprint density at radius 3 is 1.31 bits per heavy atom. The molecule has 0 aromatic heterocycles. The molecule has 2 saturated heterocycles. The van der Waals surface area contributed by atoms with Gasteiger partial charge in [0.05, 0.1) is 26.1 Å². The van der Waals surface area contributed by atoms with E-state index in [0.717, 1.165) is 76.8 Å². The zero-order valence-corrected chi connectivity index (χ0v) is 26.5. The first-order valence-corrected chi connectivity index (χ1v) is 16.2. The lowest BCUT2D eigenvalue weighted by Gasteiger charge is -2.33. The minimum absolute atomic E-state index is 0.0383. The van der Waals surface area contributed by atoms with Gasteiger partial charge in [-0.2, -0.15) is 0 Å². The first-order chi connectivity index (χ1) is 18.4. The van der Waals surface area contributed by atoms with Crippen LogP contribution in [-0.2, 0) is 19.1 Å². The first kappa shape index (κ1) is 34.1. The molecular weight excluding hydrogens is 488 g/mol. The van der Waals surface area contributed by atoms with Crippen molar-refractivity contribution in [2.75, 3.05) is 52.5 Å². The third-order valence-electron chi connectivity index (χ3n) is 8.57. The highest BCUT2D eigenvalue weighted by atomic mass is 16.5. The van der Waals surface area contributed by atoms with E-state index in [-0.39, 0.29) is 11.9 Å². The summed E-state index contributed by atoms with van der Waals surface area (Å²) in [6.45, 7) is 20.7. The summed E-state index contributed by atoms with van der Waals surface area (Å²) in [5, 5.41) is 0. The summed E-state index contributed by atoms with van der Waals surface area (Å²) in [7, 11) is 0. The Balaban J connectivity index is 1.44. The molecule has 2 fully saturated rings. The summed E-state index contributed by atoms with van der Waals surface area (Å²) in [4.78, 5) is 29.0. The largest absolute Gasteiger partial charge is 0.466 e. The molecule has 0 atom stereocenters. The number of ether oxygens (including phenoxy) is 2. The highest BCUT2D eigenvalue weighted by Crippen LogP contribution is 2.27. The molecule has 0 aromatic rings. The van der Waals surface area contributed by atoms with Gasteiger partial charge < -0.3 is 19.3 Å². The molecule has 0 aromatic carbocycles. The van der Waals surface area contributed by atoms with Crippen molar-refractivity contribution in [3.05, 3.63) is 0 Å². The molecular formula is C33H62N2O4. The fraction of sp³-hybridized carbons (Fsp3) is 0.939. The second-order valence-electron chi connectivity index (χ2n) is 14.8. The number of likely N-dealkylation sites (tertiary alicyclic amines) is 2. The van der Waals surface area contributed by atoms with Gasteiger partial charge in [-0.3, -0.25) is 9.59 Å². The Labute approximate surface area is 240 Å². The molecule has 0 aliphatic carbocycles. The molecule has 228 valence electrons. The molecule has 0 N–H and O–H groups in total. The maximum atomic E-state index is 12.1. The average Bonchev–Trinajstić information content (AvgIpc) is 2.87. The van der Waals surface area contributed by atoms with Crippen LogP contribution in [0.2, 0.25) is 0 Å². The van der Waals surface area contributed by atoms with Crippen molar-refractivity contribution < 1.29 is 19.1 Å². The van der Waals surface area contributed by atoms with Gasteiger partial charge in [-0.25, -0.2) is 0 Å². The van der Waals surface area contributed by atoms with Crippen molar-refractivity contribution in [1.82, 2.24) is 9.80 Å². The fourth-order valence-corrected chi connectivity index (χ4v) is 5.91. The van der Waals surface area contributed by atoms with Crippen LogP contribution in [0.15, 0.2) is 0 Å². The zero-order valence-electron chi connectivity index (χ0n) is 26.5. The second kappa shape index (κ2) is 17.6. The monoisotopic (exact) mass is 550 g/mol. The lowest BCUT2D eigenvalue weighted by Crippen LogP contribution is -2.36. The molecule has 0 spiro atoms. The van der Waals surface area contributed by atoms with Gasteiger partial charge in [0.1, 0.15) is 0 Å². The predicted octanol–water partition coefficient (Wildman–Crippen LogP) is 7.10. The van der Waals surface area contributed by atoms with E-state index in [1.807, 2.05) is 0 Å². The Hall–Kier alpha value is -1.14. The summed E-state index contributed by atoms with van der Waals surface area (Å²) in [5.41, 5.74) is 0.608. The number of rotatable bonds is 16. The second-order valence-corrected chi connectivity index (χ2v) is 14.8. The van der Waals surface area contributed by atoms with Crippen molar-refractivity contribution in [3.8, 4) is 0 Å². The minimum atomic E-state index is -0.0383. The number of nitrogens with zero attached hydrogens (tertiary/aromatic N) is 2. The van der Waals surface area contributed by atoms with Crippen LogP contribution in [0.4, 0.5) is 0 Å². The predicted molar refractivity (Wildman–Crippen MR) is 161 cm³/mol. The van der Waals surface area contributed by atoms with Gasteiger partial charge in [-0.1, -0.05) is 60.8 Å². The number of hydrogen-bond acceptors (Lipinski definition) is 6. The number of piperidine rings is 2. The van der Waals surface area contributed by atoms with Crippen LogP contribution in [0.1, 0.15) is 125 Å². The lowest BCUT2D eigenvalue weighted by molar-refractivity contribution is -0.145. The summed E-state index contributed by atoms with van der Waals surface area (Å²) in [6, 6.07) is 0. The van der Waals surface area contributed by atoms with Crippen LogP contribution in [0.25, 0.3) is 0 Å². The highest BCUT2D eigenvalue weighted by molar-refractivity contribution is 5.69. The molecule has 6 heteroatoms. The summed E-state index contributed by atoms with van der Waals surface area (Å²) in [5.74, 6) is 1.62. The molecule has 0 amide bonds. The van der Waals surface area contributed by atoms with Crippen LogP contribution < -0.4 is 0 Å². The van der Waals surface area contributed by atoms with Crippen LogP contribution >= 0.6 is 0 Å². The van der Waals surface area contributed by atoms with Gasteiger partial charge in [0.15, 0.2) is 0 Å². The van der Waals surface area contributed by atoms with E-state index in [4.69, 9.17) is 9.47 Å². The summed E-state index contributed by atoms with van der Waals surface area (Å²) in [6.07, 6.45) is 14.3. The van der Waals surface area contributed by atoms with Crippen molar-refractivity contribution in [3.63, 3.8) is 0 Å². The van der Waals surface area contributed by atoms with Gasteiger partial charge in [-0.15, -0.1) is 0 Å². The zero-order chi connectivity index (χ0) is 28.7. The molecule has 2 aliphatic heterocycles. The highest BCUT2D eigenvalue weighted by Gasteiger charge is 2.23. The van der Waals surface area contributed by atoms with E-state index < -0.39 is 0 Å². The molecule has 2 aliphatic rings. The maximum absolute atomic E-state index is 12.1. The molecule has 0 bridgehead atoms. The molecule has 0 saturated carbocycles. The maximum Gasteiger partial charge on any atom is 0.307 e. The minimum Gasteiger partial charge on any atom is -0.466 e. The van der Waals surface area contributed by atoms with Crippen molar-refractivity contribution in [2.45, 2.75) is 125 Å².